The fourth-order valence-corrected chi connectivity index (χ4v) is 4.84. The highest BCUT2D eigenvalue weighted by Crippen LogP contribution is 2.26. The van der Waals surface area contributed by atoms with Crippen molar-refractivity contribution >= 4 is 16.8 Å². The number of pyridine rings is 1. The lowest BCUT2D eigenvalue weighted by atomic mass is 10.0. The minimum Gasteiger partial charge on any atom is -0.393 e. The molecule has 3 N–H and O–H groups in total. The molecule has 0 unspecified atom stereocenters. The zero-order chi connectivity index (χ0) is 22.8. The lowest BCUT2D eigenvalue weighted by molar-refractivity contribution is 0.0792. The van der Waals surface area contributed by atoms with Gasteiger partial charge in [0.2, 0.25) is 0 Å². The number of rotatable bonds is 5. The van der Waals surface area contributed by atoms with Gasteiger partial charge in [-0.15, -0.1) is 0 Å². The summed E-state index contributed by atoms with van der Waals surface area (Å²) in [5, 5.41) is 21.1. The maximum atomic E-state index is 13.0. The number of amides is 1. The monoisotopic (exact) mass is 448 g/mol. The number of aliphatic hydroxyl groups is 1. The van der Waals surface area contributed by atoms with Crippen molar-refractivity contribution in [2.24, 2.45) is 0 Å². The Morgan fingerprint density at radius 2 is 1.88 bits per heavy atom. The van der Waals surface area contributed by atoms with E-state index in [1.165, 1.54) is 0 Å². The fraction of sp³-hybridized carbons (Fsp3) is 0.480. The average molecular weight is 449 g/mol. The van der Waals surface area contributed by atoms with Crippen LogP contribution in [0.25, 0.3) is 22.0 Å². The molecule has 3 aromatic rings. The lowest BCUT2D eigenvalue weighted by Crippen LogP contribution is -2.43. The van der Waals surface area contributed by atoms with Gasteiger partial charge in [-0.3, -0.25) is 19.8 Å². The van der Waals surface area contributed by atoms with E-state index in [1.54, 1.807) is 0 Å². The van der Waals surface area contributed by atoms with Crippen LogP contribution in [-0.2, 0) is 6.54 Å². The number of aromatic nitrogens is 3. The Balaban J connectivity index is 1.33. The molecular weight excluding hydrogens is 416 g/mol. The number of carbonyl (C=O) groups excluding carboxylic acids is 1. The number of benzene rings is 1. The number of piperidine rings is 2. The number of aliphatic hydroxyl groups excluding tert-OH is 1. The number of likely N-dealkylation sites (tertiary alicyclic amines) is 2. The van der Waals surface area contributed by atoms with E-state index in [0.29, 0.717) is 5.69 Å². The standard InChI is InChI=1S/C25H32N6O2/c1-30-8-4-20(5-9-30)27-25(33)24-22-13-18(2-3-23(22)28-29-24)19-12-17(14-26-15-19)16-31-10-6-21(32)7-11-31/h2-3,12-15,20-21,32H,4-11,16H2,1H3,(H,27,33)(H,28,29). The molecule has 2 aromatic heterocycles. The van der Waals surface area contributed by atoms with Crippen LogP contribution in [0.4, 0.5) is 0 Å². The molecule has 2 aliphatic heterocycles. The van der Waals surface area contributed by atoms with Gasteiger partial charge in [-0.2, -0.15) is 5.10 Å². The van der Waals surface area contributed by atoms with Crippen molar-refractivity contribution in [1.82, 2.24) is 30.3 Å². The number of hydrogen-bond donors (Lipinski definition) is 3. The van der Waals surface area contributed by atoms with Crippen LogP contribution in [0.2, 0.25) is 0 Å². The zero-order valence-electron chi connectivity index (χ0n) is 19.1. The third-order valence-corrected chi connectivity index (χ3v) is 6.92. The Hall–Kier alpha value is -2.81. The second-order valence-corrected chi connectivity index (χ2v) is 9.47. The first-order chi connectivity index (χ1) is 16.0. The van der Waals surface area contributed by atoms with E-state index in [2.05, 4.69) is 43.4 Å². The van der Waals surface area contributed by atoms with E-state index in [-0.39, 0.29) is 18.1 Å². The minimum absolute atomic E-state index is 0.118. The van der Waals surface area contributed by atoms with Crippen molar-refractivity contribution in [2.45, 2.75) is 44.4 Å². The maximum absolute atomic E-state index is 13.0. The number of hydrogen-bond acceptors (Lipinski definition) is 6. The van der Waals surface area contributed by atoms with Crippen molar-refractivity contribution in [1.29, 1.82) is 0 Å². The van der Waals surface area contributed by atoms with Gasteiger partial charge in [0.15, 0.2) is 5.69 Å². The highest BCUT2D eigenvalue weighted by atomic mass is 16.3. The normalized spacial score (nSPS) is 19.2. The third kappa shape index (κ3) is 5.08. The van der Waals surface area contributed by atoms with Crippen LogP contribution in [0, 0.1) is 0 Å². The van der Waals surface area contributed by atoms with Gasteiger partial charge in [0.1, 0.15) is 0 Å². The van der Waals surface area contributed by atoms with Gasteiger partial charge in [-0.25, -0.2) is 0 Å². The number of nitrogens with zero attached hydrogens (tertiary/aromatic N) is 4. The Morgan fingerprint density at radius 3 is 2.67 bits per heavy atom. The molecule has 2 fully saturated rings. The van der Waals surface area contributed by atoms with Crippen LogP contribution in [-0.4, -0.2) is 81.4 Å². The smallest absolute Gasteiger partial charge is 0.272 e. The van der Waals surface area contributed by atoms with E-state index in [9.17, 15) is 9.90 Å². The van der Waals surface area contributed by atoms with E-state index < -0.39 is 0 Å². The number of fused-ring (bicyclic) bond motifs is 1. The fourth-order valence-electron chi connectivity index (χ4n) is 4.84. The highest BCUT2D eigenvalue weighted by Gasteiger charge is 2.22. The van der Waals surface area contributed by atoms with E-state index >= 15 is 0 Å². The van der Waals surface area contributed by atoms with Crippen molar-refractivity contribution < 1.29 is 9.90 Å². The van der Waals surface area contributed by atoms with Crippen LogP contribution in [0.15, 0.2) is 36.7 Å². The number of nitrogens with one attached hydrogen (secondary N) is 2. The van der Waals surface area contributed by atoms with Crippen LogP contribution < -0.4 is 5.32 Å². The van der Waals surface area contributed by atoms with E-state index in [0.717, 1.165) is 86.0 Å². The van der Waals surface area contributed by atoms with Crippen molar-refractivity contribution in [3.63, 3.8) is 0 Å². The molecule has 0 aliphatic carbocycles. The quantitative estimate of drug-likeness (QED) is 0.555. The van der Waals surface area contributed by atoms with Crippen molar-refractivity contribution in [2.75, 3.05) is 33.2 Å². The molecule has 8 nitrogen and oxygen atoms in total. The second-order valence-electron chi connectivity index (χ2n) is 9.47. The number of aromatic amines is 1. The molecule has 1 amide bonds. The Bertz CT molecular complexity index is 1110. The number of carbonyl (C=O) groups is 1. The molecule has 174 valence electrons. The molecule has 0 bridgehead atoms. The Morgan fingerprint density at radius 1 is 1.09 bits per heavy atom. The molecule has 2 aliphatic rings. The molecule has 4 heterocycles. The molecule has 0 radical (unpaired) electrons. The van der Waals surface area contributed by atoms with Crippen LogP contribution in [0.3, 0.4) is 0 Å². The van der Waals surface area contributed by atoms with Gasteiger partial charge in [0, 0.05) is 49.0 Å². The van der Waals surface area contributed by atoms with Gasteiger partial charge in [-0.05, 0) is 75.1 Å². The average Bonchev–Trinajstić information content (AvgIpc) is 3.26. The van der Waals surface area contributed by atoms with Gasteiger partial charge >= 0.3 is 0 Å². The predicted octanol–water partition coefficient (Wildman–Crippen LogP) is 2.41. The van der Waals surface area contributed by atoms with E-state index in [1.807, 2.05) is 30.6 Å². The summed E-state index contributed by atoms with van der Waals surface area (Å²) in [5.74, 6) is -0.118. The topological polar surface area (TPSA) is 97.4 Å². The first-order valence-electron chi connectivity index (χ1n) is 11.9. The van der Waals surface area contributed by atoms with Gasteiger partial charge in [0.25, 0.3) is 5.91 Å². The summed E-state index contributed by atoms with van der Waals surface area (Å²) < 4.78 is 0. The third-order valence-electron chi connectivity index (χ3n) is 6.92. The van der Waals surface area contributed by atoms with Crippen molar-refractivity contribution in [3.8, 4) is 11.1 Å². The van der Waals surface area contributed by atoms with Gasteiger partial charge < -0.3 is 15.3 Å². The molecule has 8 heteroatoms. The summed E-state index contributed by atoms with van der Waals surface area (Å²) in [6.45, 7) is 4.63. The zero-order valence-corrected chi connectivity index (χ0v) is 19.1. The lowest BCUT2D eigenvalue weighted by Gasteiger charge is -2.29. The largest absolute Gasteiger partial charge is 0.393 e. The first kappa shape index (κ1) is 22.0. The summed E-state index contributed by atoms with van der Waals surface area (Å²) in [4.78, 5) is 22.1. The maximum Gasteiger partial charge on any atom is 0.272 e. The van der Waals surface area contributed by atoms with Gasteiger partial charge in [-0.1, -0.05) is 6.07 Å². The summed E-state index contributed by atoms with van der Waals surface area (Å²) >= 11 is 0. The van der Waals surface area contributed by atoms with Crippen LogP contribution in [0.1, 0.15) is 41.7 Å². The molecular formula is C25H32N6O2. The molecule has 0 atom stereocenters. The Labute approximate surface area is 194 Å². The number of H-pyrrole nitrogens is 1. The predicted molar refractivity (Wildman–Crippen MR) is 128 cm³/mol. The second kappa shape index (κ2) is 9.59. The minimum atomic E-state index is -0.168. The van der Waals surface area contributed by atoms with Crippen molar-refractivity contribution in [3.05, 3.63) is 47.9 Å². The first-order valence-corrected chi connectivity index (χ1v) is 11.9. The molecule has 2 saturated heterocycles. The summed E-state index contributed by atoms with van der Waals surface area (Å²) in [7, 11) is 2.11. The molecule has 0 saturated carbocycles. The SMILES string of the molecule is CN1CCC(NC(=O)c2n[nH]c3ccc(-c4cncc(CN5CCC(O)CC5)c4)cc23)CC1. The molecule has 33 heavy (non-hydrogen) atoms. The summed E-state index contributed by atoms with van der Waals surface area (Å²) in [5.41, 5.74) is 4.48. The molecule has 5 rings (SSSR count). The van der Waals surface area contributed by atoms with Crippen LogP contribution >= 0.6 is 0 Å². The Kier molecular flexibility index (Phi) is 6.39. The van der Waals surface area contributed by atoms with Gasteiger partial charge in [0.05, 0.1) is 11.6 Å². The summed E-state index contributed by atoms with van der Waals surface area (Å²) in [6, 6.07) is 8.40. The van der Waals surface area contributed by atoms with Crippen LogP contribution in [0.5, 0.6) is 0 Å². The molecule has 0 spiro atoms. The highest BCUT2D eigenvalue weighted by molar-refractivity contribution is 6.05. The van der Waals surface area contributed by atoms with E-state index in [4.69, 9.17) is 0 Å². The molecule has 1 aromatic carbocycles. The summed E-state index contributed by atoms with van der Waals surface area (Å²) in [6.07, 6.45) is 7.18.